The standard InChI is InChI=1S/C12H14N4O3S2/c17-11(18)9-6-21-10(16-9)2-4-14-12(19)13-3-1-8-5-20-7-15-8/h5-7H,1-4H2,(H,17,18)(H2,13,14,19). The van der Waals surface area contributed by atoms with Crippen LogP contribution in [0, 0.1) is 0 Å². The number of carboxylic acids is 1. The maximum absolute atomic E-state index is 11.5. The minimum atomic E-state index is -1.04. The number of carbonyl (C=O) groups excluding carboxylic acids is 1. The summed E-state index contributed by atoms with van der Waals surface area (Å²) in [4.78, 5) is 30.3. The Hall–Kier alpha value is -2.00. The molecule has 0 unspecified atom stereocenters. The molecule has 0 atom stereocenters. The Kier molecular flexibility index (Phi) is 5.64. The van der Waals surface area contributed by atoms with Crippen molar-refractivity contribution < 1.29 is 14.7 Å². The topological polar surface area (TPSA) is 104 Å². The monoisotopic (exact) mass is 326 g/mol. The Morgan fingerprint density at radius 1 is 1.19 bits per heavy atom. The fraction of sp³-hybridized carbons (Fsp3) is 0.333. The summed E-state index contributed by atoms with van der Waals surface area (Å²) in [6.45, 7) is 0.936. The average molecular weight is 326 g/mol. The zero-order valence-electron chi connectivity index (χ0n) is 11.0. The maximum atomic E-state index is 11.5. The molecule has 0 radical (unpaired) electrons. The van der Waals surface area contributed by atoms with Gasteiger partial charge in [-0.2, -0.15) is 0 Å². The van der Waals surface area contributed by atoms with Crippen LogP contribution in [0.15, 0.2) is 16.3 Å². The molecule has 3 N–H and O–H groups in total. The lowest BCUT2D eigenvalue weighted by atomic mass is 10.3. The number of urea groups is 1. The van der Waals surface area contributed by atoms with E-state index in [1.807, 2.05) is 5.38 Å². The van der Waals surface area contributed by atoms with Crippen LogP contribution in [0.3, 0.4) is 0 Å². The summed E-state index contributed by atoms with van der Waals surface area (Å²) in [5, 5.41) is 18.3. The Labute approximate surface area is 129 Å². The summed E-state index contributed by atoms with van der Waals surface area (Å²) in [5.41, 5.74) is 2.77. The lowest BCUT2D eigenvalue weighted by Crippen LogP contribution is -2.37. The quantitative estimate of drug-likeness (QED) is 0.713. The van der Waals surface area contributed by atoms with Gasteiger partial charge in [0.25, 0.3) is 0 Å². The van der Waals surface area contributed by atoms with E-state index in [1.54, 1.807) is 5.51 Å². The normalized spacial score (nSPS) is 10.3. The third-order valence-electron chi connectivity index (χ3n) is 2.55. The molecule has 2 aromatic rings. The van der Waals surface area contributed by atoms with Crippen molar-refractivity contribution in [2.75, 3.05) is 13.1 Å². The molecule has 0 saturated carbocycles. The van der Waals surface area contributed by atoms with Gasteiger partial charge >= 0.3 is 12.0 Å². The predicted molar refractivity (Wildman–Crippen MR) is 80.0 cm³/mol. The summed E-state index contributed by atoms with van der Waals surface area (Å²) >= 11 is 2.80. The number of carboxylic acid groups (broad SMARTS) is 1. The first-order chi connectivity index (χ1) is 10.1. The van der Waals surface area contributed by atoms with E-state index in [0.29, 0.717) is 30.9 Å². The van der Waals surface area contributed by atoms with Crippen molar-refractivity contribution in [2.45, 2.75) is 12.8 Å². The van der Waals surface area contributed by atoms with Crippen molar-refractivity contribution >= 4 is 34.7 Å². The Balaban J connectivity index is 1.61. The van der Waals surface area contributed by atoms with Gasteiger partial charge in [0.05, 0.1) is 16.2 Å². The van der Waals surface area contributed by atoms with Gasteiger partial charge in [-0.3, -0.25) is 0 Å². The molecule has 0 bridgehead atoms. The van der Waals surface area contributed by atoms with E-state index < -0.39 is 5.97 Å². The van der Waals surface area contributed by atoms with Gasteiger partial charge in [-0.05, 0) is 0 Å². The van der Waals surface area contributed by atoms with E-state index >= 15 is 0 Å². The van der Waals surface area contributed by atoms with Crippen LogP contribution >= 0.6 is 22.7 Å². The summed E-state index contributed by atoms with van der Waals surface area (Å²) in [5.74, 6) is -1.04. The van der Waals surface area contributed by atoms with Crippen molar-refractivity contribution in [3.63, 3.8) is 0 Å². The van der Waals surface area contributed by atoms with Gasteiger partial charge in [-0.1, -0.05) is 0 Å². The first-order valence-corrected chi connectivity index (χ1v) is 8.04. The zero-order valence-corrected chi connectivity index (χ0v) is 12.7. The van der Waals surface area contributed by atoms with E-state index in [-0.39, 0.29) is 11.7 Å². The van der Waals surface area contributed by atoms with Gasteiger partial charge in [0.2, 0.25) is 0 Å². The minimum absolute atomic E-state index is 0.0442. The number of rotatable bonds is 7. The molecule has 21 heavy (non-hydrogen) atoms. The number of nitrogens with zero attached hydrogens (tertiary/aromatic N) is 2. The van der Waals surface area contributed by atoms with Crippen LogP contribution in [0.1, 0.15) is 21.2 Å². The van der Waals surface area contributed by atoms with Gasteiger partial charge < -0.3 is 15.7 Å². The van der Waals surface area contributed by atoms with Crippen LogP contribution in [0.5, 0.6) is 0 Å². The molecular formula is C12H14N4O3S2. The Bertz CT molecular complexity index is 597. The molecule has 112 valence electrons. The number of hydrogen-bond acceptors (Lipinski definition) is 6. The second-order valence-corrected chi connectivity index (χ2v) is 5.76. The molecule has 2 amide bonds. The molecule has 0 aromatic carbocycles. The van der Waals surface area contributed by atoms with E-state index in [0.717, 1.165) is 5.69 Å². The number of amides is 2. The fourth-order valence-corrected chi connectivity index (χ4v) is 2.90. The summed E-state index contributed by atoms with van der Waals surface area (Å²) < 4.78 is 0. The second-order valence-electron chi connectivity index (χ2n) is 4.09. The highest BCUT2D eigenvalue weighted by atomic mass is 32.1. The van der Waals surface area contributed by atoms with E-state index in [2.05, 4.69) is 20.6 Å². The number of nitrogens with one attached hydrogen (secondary N) is 2. The third kappa shape index (κ3) is 5.12. The van der Waals surface area contributed by atoms with E-state index in [9.17, 15) is 9.59 Å². The smallest absolute Gasteiger partial charge is 0.355 e. The molecule has 2 aromatic heterocycles. The SMILES string of the molecule is O=C(NCCc1cscn1)NCCc1nc(C(=O)O)cs1. The minimum Gasteiger partial charge on any atom is -0.476 e. The van der Waals surface area contributed by atoms with Gasteiger partial charge in [0.1, 0.15) is 0 Å². The van der Waals surface area contributed by atoms with Gasteiger partial charge in [-0.15, -0.1) is 22.7 Å². The van der Waals surface area contributed by atoms with E-state index in [4.69, 9.17) is 5.11 Å². The van der Waals surface area contributed by atoms with Gasteiger partial charge in [-0.25, -0.2) is 19.6 Å². The molecule has 7 nitrogen and oxygen atoms in total. The van der Waals surface area contributed by atoms with E-state index in [1.165, 1.54) is 28.1 Å². The second kappa shape index (κ2) is 7.70. The Morgan fingerprint density at radius 3 is 2.57 bits per heavy atom. The number of aromatic nitrogens is 2. The summed E-state index contributed by atoms with van der Waals surface area (Å²) in [6.07, 6.45) is 1.21. The highest BCUT2D eigenvalue weighted by Gasteiger charge is 2.08. The summed E-state index contributed by atoms with van der Waals surface area (Å²) in [7, 11) is 0. The average Bonchev–Trinajstić information content (AvgIpc) is 3.09. The highest BCUT2D eigenvalue weighted by Crippen LogP contribution is 2.09. The lowest BCUT2D eigenvalue weighted by Gasteiger charge is -2.05. The molecule has 0 saturated heterocycles. The molecule has 2 rings (SSSR count). The number of aromatic carboxylic acids is 1. The number of carbonyl (C=O) groups is 2. The van der Waals surface area contributed by atoms with Crippen LogP contribution < -0.4 is 10.6 Å². The van der Waals surface area contributed by atoms with Crippen molar-refractivity contribution in [1.82, 2.24) is 20.6 Å². The molecule has 9 heteroatoms. The van der Waals surface area contributed by atoms with Crippen molar-refractivity contribution in [3.05, 3.63) is 32.7 Å². The van der Waals surface area contributed by atoms with Crippen molar-refractivity contribution in [3.8, 4) is 0 Å². The maximum Gasteiger partial charge on any atom is 0.355 e. The lowest BCUT2D eigenvalue weighted by molar-refractivity contribution is 0.0691. The van der Waals surface area contributed by atoms with Crippen LogP contribution in [0.2, 0.25) is 0 Å². The molecule has 0 aliphatic heterocycles. The predicted octanol–water partition coefficient (Wildman–Crippen LogP) is 1.38. The van der Waals surface area contributed by atoms with Crippen molar-refractivity contribution in [1.29, 1.82) is 0 Å². The largest absolute Gasteiger partial charge is 0.476 e. The van der Waals surface area contributed by atoms with Crippen LogP contribution in [0.25, 0.3) is 0 Å². The van der Waals surface area contributed by atoms with Gasteiger partial charge in [0.15, 0.2) is 5.69 Å². The van der Waals surface area contributed by atoms with Crippen molar-refractivity contribution in [2.24, 2.45) is 0 Å². The Morgan fingerprint density at radius 2 is 1.95 bits per heavy atom. The number of thiazole rings is 2. The molecule has 0 aliphatic carbocycles. The molecule has 0 aliphatic rings. The molecular weight excluding hydrogens is 312 g/mol. The zero-order chi connectivity index (χ0) is 15.1. The number of hydrogen-bond donors (Lipinski definition) is 3. The molecule has 2 heterocycles. The first-order valence-electron chi connectivity index (χ1n) is 6.21. The third-order valence-corrected chi connectivity index (χ3v) is 4.09. The van der Waals surface area contributed by atoms with Crippen LogP contribution in [0.4, 0.5) is 4.79 Å². The molecule has 0 fully saturated rings. The summed E-state index contributed by atoms with van der Waals surface area (Å²) in [6, 6.07) is -0.250. The molecule has 0 spiro atoms. The fourth-order valence-electron chi connectivity index (χ4n) is 1.53. The van der Waals surface area contributed by atoms with Crippen LogP contribution in [-0.2, 0) is 12.8 Å². The first kappa shape index (κ1) is 15.4. The van der Waals surface area contributed by atoms with Gasteiger partial charge in [0, 0.05) is 36.7 Å². The van der Waals surface area contributed by atoms with Crippen LogP contribution in [-0.4, -0.2) is 40.2 Å². The highest BCUT2D eigenvalue weighted by molar-refractivity contribution is 7.09.